The molecule has 0 aromatic rings. The van der Waals surface area contributed by atoms with Crippen molar-refractivity contribution in [1.29, 1.82) is 0 Å². The molecule has 0 aliphatic carbocycles. The topological polar surface area (TPSA) is 49.4 Å². The summed E-state index contributed by atoms with van der Waals surface area (Å²) in [5.41, 5.74) is 3.35. The highest BCUT2D eigenvalue weighted by molar-refractivity contribution is 5.78. The third-order valence-electron chi connectivity index (χ3n) is 2.83. The SMILES string of the molecule is CCO[C@@H](/C=C(\C)CCC=C(C)C)C/C(C)=C\C(=O)[O-]. The van der Waals surface area contributed by atoms with Gasteiger partial charge in [0.2, 0.25) is 0 Å². The lowest BCUT2D eigenvalue weighted by Crippen LogP contribution is -2.20. The molecule has 0 aliphatic heterocycles. The van der Waals surface area contributed by atoms with Crippen molar-refractivity contribution in [1.82, 2.24) is 0 Å². The van der Waals surface area contributed by atoms with E-state index >= 15 is 0 Å². The predicted molar refractivity (Wildman–Crippen MR) is 81.2 cm³/mol. The Labute approximate surface area is 123 Å². The number of carbonyl (C=O) groups is 1. The Morgan fingerprint density at radius 3 is 2.35 bits per heavy atom. The van der Waals surface area contributed by atoms with Crippen molar-refractivity contribution in [3.8, 4) is 0 Å². The van der Waals surface area contributed by atoms with E-state index in [0.29, 0.717) is 13.0 Å². The molecule has 0 N–H and O–H groups in total. The van der Waals surface area contributed by atoms with Gasteiger partial charge in [0.05, 0.1) is 12.1 Å². The van der Waals surface area contributed by atoms with Gasteiger partial charge in [0.15, 0.2) is 0 Å². The van der Waals surface area contributed by atoms with Crippen LogP contribution in [0.3, 0.4) is 0 Å². The first-order chi connectivity index (χ1) is 9.35. The Kier molecular flexibility index (Phi) is 9.73. The van der Waals surface area contributed by atoms with Crippen molar-refractivity contribution in [2.45, 2.75) is 60.0 Å². The van der Waals surface area contributed by atoms with E-state index in [4.69, 9.17) is 4.74 Å². The summed E-state index contributed by atoms with van der Waals surface area (Å²) in [7, 11) is 0. The van der Waals surface area contributed by atoms with Gasteiger partial charge in [0.1, 0.15) is 0 Å². The van der Waals surface area contributed by atoms with Crippen molar-refractivity contribution < 1.29 is 14.6 Å². The zero-order valence-corrected chi connectivity index (χ0v) is 13.4. The lowest BCUT2D eigenvalue weighted by atomic mass is 10.0. The molecule has 0 amide bonds. The standard InChI is InChI=1S/C17H28O3/c1-6-20-16(11-15(5)12-17(18)19)10-14(4)9-7-8-13(2)3/h8,10,12,16H,6-7,9,11H2,1-5H3,(H,18,19)/p-1/b14-10+,15-12-/t16-/m0/s1. The molecule has 0 saturated heterocycles. The molecule has 0 saturated carbocycles. The summed E-state index contributed by atoms with van der Waals surface area (Å²) in [4.78, 5) is 10.5. The molecule has 3 nitrogen and oxygen atoms in total. The third kappa shape index (κ3) is 10.6. The molecule has 0 unspecified atom stereocenters. The second kappa shape index (κ2) is 10.4. The molecular weight excluding hydrogens is 252 g/mol. The van der Waals surface area contributed by atoms with Gasteiger partial charge in [-0.2, -0.15) is 0 Å². The summed E-state index contributed by atoms with van der Waals surface area (Å²) in [6.45, 7) is 10.6. The maximum absolute atomic E-state index is 10.5. The van der Waals surface area contributed by atoms with Crippen molar-refractivity contribution in [3.63, 3.8) is 0 Å². The molecule has 0 bridgehead atoms. The zero-order chi connectivity index (χ0) is 15.5. The Bertz CT molecular complexity index is 385. The van der Waals surface area contributed by atoms with E-state index in [2.05, 4.69) is 32.9 Å². The minimum absolute atomic E-state index is 0.0673. The van der Waals surface area contributed by atoms with E-state index < -0.39 is 5.97 Å². The van der Waals surface area contributed by atoms with Gasteiger partial charge in [-0.25, -0.2) is 0 Å². The zero-order valence-electron chi connectivity index (χ0n) is 13.4. The largest absolute Gasteiger partial charge is 0.545 e. The first-order valence-electron chi connectivity index (χ1n) is 7.15. The third-order valence-corrected chi connectivity index (χ3v) is 2.83. The number of ether oxygens (including phenoxy) is 1. The van der Waals surface area contributed by atoms with E-state index in [-0.39, 0.29) is 6.10 Å². The van der Waals surface area contributed by atoms with Gasteiger partial charge >= 0.3 is 0 Å². The summed E-state index contributed by atoms with van der Waals surface area (Å²) >= 11 is 0. The fourth-order valence-corrected chi connectivity index (χ4v) is 1.95. The smallest absolute Gasteiger partial charge is 0.0795 e. The van der Waals surface area contributed by atoms with Crippen LogP contribution < -0.4 is 5.11 Å². The van der Waals surface area contributed by atoms with Gasteiger partial charge in [-0.3, -0.25) is 0 Å². The fourth-order valence-electron chi connectivity index (χ4n) is 1.95. The molecule has 0 radical (unpaired) electrons. The second-order valence-corrected chi connectivity index (χ2v) is 5.34. The predicted octanol–water partition coefficient (Wildman–Crippen LogP) is 3.17. The average Bonchev–Trinajstić information content (AvgIpc) is 2.27. The van der Waals surface area contributed by atoms with Crippen LogP contribution in [0.2, 0.25) is 0 Å². The highest BCUT2D eigenvalue weighted by atomic mass is 16.5. The number of allylic oxidation sites excluding steroid dienone is 3. The lowest BCUT2D eigenvalue weighted by Gasteiger charge is -2.15. The maximum Gasteiger partial charge on any atom is 0.0795 e. The Hall–Kier alpha value is -1.35. The molecule has 0 heterocycles. The van der Waals surface area contributed by atoms with Crippen molar-refractivity contribution in [3.05, 3.63) is 34.9 Å². The first-order valence-corrected chi connectivity index (χ1v) is 7.15. The quantitative estimate of drug-likeness (QED) is 0.481. The van der Waals surface area contributed by atoms with E-state index in [1.807, 2.05) is 6.92 Å². The van der Waals surface area contributed by atoms with Crippen LogP contribution in [0, 0.1) is 0 Å². The first kappa shape index (κ1) is 18.7. The van der Waals surface area contributed by atoms with Crippen molar-refractivity contribution in [2.24, 2.45) is 0 Å². The number of carbonyl (C=O) groups excluding carboxylic acids is 1. The number of rotatable bonds is 9. The number of carboxylic acid groups (broad SMARTS) is 1. The molecular formula is C17H27O3-. The molecule has 0 rings (SSSR count). The fraction of sp³-hybridized carbons (Fsp3) is 0.588. The summed E-state index contributed by atoms with van der Waals surface area (Å²) in [5.74, 6) is -1.15. The van der Waals surface area contributed by atoms with Gasteiger partial charge < -0.3 is 14.6 Å². The number of carboxylic acids is 1. The van der Waals surface area contributed by atoms with E-state index in [1.165, 1.54) is 11.1 Å². The molecule has 0 aromatic heterocycles. The monoisotopic (exact) mass is 279 g/mol. The van der Waals surface area contributed by atoms with Gasteiger partial charge in [-0.05, 0) is 60.0 Å². The second-order valence-electron chi connectivity index (χ2n) is 5.34. The Morgan fingerprint density at radius 1 is 1.20 bits per heavy atom. The molecule has 1 atom stereocenters. The molecule has 0 spiro atoms. The highest BCUT2D eigenvalue weighted by Gasteiger charge is 2.06. The van der Waals surface area contributed by atoms with Crippen molar-refractivity contribution in [2.75, 3.05) is 6.61 Å². The Morgan fingerprint density at radius 2 is 1.85 bits per heavy atom. The Balaban J connectivity index is 4.58. The minimum atomic E-state index is -1.15. The maximum atomic E-state index is 10.5. The van der Waals surface area contributed by atoms with Crippen LogP contribution in [0.25, 0.3) is 0 Å². The highest BCUT2D eigenvalue weighted by Crippen LogP contribution is 2.14. The van der Waals surface area contributed by atoms with Crippen LogP contribution >= 0.6 is 0 Å². The van der Waals surface area contributed by atoms with Crippen LogP contribution in [0.1, 0.15) is 53.9 Å². The average molecular weight is 279 g/mol. The van der Waals surface area contributed by atoms with Crippen LogP contribution in [0.15, 0.2) is 34.9 Å². The van der Waals surface area contributed by atoms with E-state index in [0.717, 1.165) is 24.5 Å². The van der Waals surface area contributed by atoms with Gasteiger partial charge in [0.25, 0.3) is 0 Å². The summed E-state index contributed by atoms with van der Waals surface area (Å²) < 4.78 is 5.65. The molecule has 20 heavy (non-hydrogen) atoms. The lowest BCUT2D eigenvalue weighted by molar-refractivity contribution is -0.297. The molecule has 114 valence electrons. The van der Waals surface area contributed by atoms with Crippen molar-refractivity contribution >= 4 is 5.97 Å². The molecule has 3 heteroatoms. The normalized spacial score (nSPS) is 14.1. The van der Waals surface area contributed by atoms with Gasteiger partial charge in [0, 0.05) is 6.61 Å². The van der Waals surface area contributed by atoms with E-state index in [1.54, 1.807) is 6.92 Å². The molecule has 0 aromatic carbocycles. The van der Waals surface area contributed by atoms with Gasteiger partial charge in [-0.1, -0.05) is 28.9 Å². The van der Waals surface area contributed by atoms with Crippen LogP contribution in [-0.2, 0) is 9.53 Å². The summed E-state index contributed by atoms with van der Waals surface area (Å²) in [6, 6.07) is 0. The van der Waals surface area contributed by atoms with E-state index in [9.17, 15) is 9.90 Å². The molecule has 0 fully saturated rings. The number of hydrogen-bond acceptors (Lipinski definition) is 3. The summed E-state index contributed by atoms with van der Waals surface area (Å²) in [5, 5.41) is 10.5. The summed E-state index contributed by atoms with van der Waals surface area (Å²) in [6.07, 6.45) is 7.99. The van der Waals surface area contributed by atoms with Gasteiger partial charge in [-0.15, -0.1) is 0 Å². The number of hydrogen-bond donors (Lipinski definition) is 0. The van der Waals surface area contributed by atoms with Crippen LogP contribution in [-0.4, -0.2) is 18.7 Å². The minimum Gasteiger partial charge on any atom is -0.545 e. The van der Waals surface area contributed by atoms with Crippen LogP contribution in [0.4, 0.5) is 0 Å². The molecule has 0 aliphatic rings. The van der Waals surface area contributed by atoms with Crippen LogP contribution in [0.5, 0.6) is 0 Å². The number of aliphatic carboxylic acids is 1.